The molecular weight excluding hydrogens is 767 g/mol. The molecule has 3 aliphatic rings. The van der Waals surface area contributed by atoms with E-state index in [1.165, 1.54) is 19.3 Å². The molecule has 324 valence electrons. The van der Waals surface area contributed by atoms with Crippen LogP contribution in [0.25, 0.3) is 11.1 Å². The summed E-state index contributed by atoms with van der Waals surface area (Å²) in [5.41, 5.74) is 12.5. The maximum atomic E-state index is 13.9. The lowest BCUT2D eigenvalue weighted by Gasteiger charge is -2.50. The number of anilines is 2. The second-order valence-corrected chi connectivity index (χ2v) is 18.1. The van der Waals surface area contributed by atoms with Crippen molar-refractivity contribution in [3.05, 3.63) is 119 Å². The number of hydrogen-bond donors (Lipinski definition) is 5. The number of rotatable bonds is 14. The highest BCUT2D eigenvalue weighted by molar-refractivity contribution is 5.94. The first kappa shape index (κ1) is 44.0. The third-order valence-electron chi connectivity index (χ3n) is 12.3. The van der Waals surface area contributed by atoms with E-state index in [0.29, 0.717) is 49.3 Å². The van der Waals surface area contributed by atoms with Crippen molar-refractivity contribution in [3.63, 3.8) is 0 Å². The molecule has 0 aromatic heterocycles. The zero-order chi connectivity index (χ0) is 42.9. The largest absolute Gasteiger partial charge is 0.397 e. The monoisotopic (exact) mass is 829 g/mol. The van der Waals surface area contributed by atoms with Crippen LogP contribution in [0.3, 0.4) is 0 Å². The Morgan fingerprint density at radius 3 is 2.28 bits per heavy atom. The molecule has 0 bridgehead atoms. The molecule has 1 aliphatic carbocycles. The summed E-state index contributed by atoms with van der Waals surface area (Å²) in [7, 11) is 0. The summed E-state index contributed by atoms with van der Waals surface area (Å²) >= 11 is 0. The van der Waals surface area contributed by atoms with Crippen molar-refractivity contribution >= 4 is 29.1 Å². The van der Waals surface area contributed by atoms with Crippen molar-refractivity contribution in [1.82, 2.24) is 15.5 Å². The Labute approximate surface area is 360 Å². The lowest BCUT2D eigenvalue weighted by atomic mass is 9.75. The molecule has 2 aliphatic heterocycles. The third kappa shape index (κ3) is 11.9. The van der Waals surface area contributed by atoms with Crippen LogP contribution >= 0.6 is 0 Å². The molecule has 0 unspecified atom stereocenters. The van der Waals surface area contributed by atoms with Gasteiger partial charge in [-0.05, 0) is 105 Å². The van der Waals surface area contributed by atoms with Gasteiger partial charge in [0.1, 0.15) is 0 Å². The quantitative estimate of drug-likeness (QED) is 0.0795. The molecule has 4 aromatic rings. The Morgan fingerprint density at radius 1 is 0.787 bits per heavy atom. The number of ether oxygens (including phenoxy) is 2. The van der Waals surface area contributed by atoms with Crippen LogP contribution in [0.1, 0.15) is 120 Å². The maximum Gasteiger partial charge on any atom is 0.237 e. The molecule has 6 N–H and O–H groups in total. The number of nitrogens with two attached hydrogens (primary N) is 1. The first-order chi connectivity index (χ1) is 29.4. The van der Waals surface area contributed by atoms with Gasteiger partial charge >= 0.3 is 0 Å². The Hall–Kier alpha value is -5.07. The molecule has 11 heteroatoms. The lowest BCUT2D eigenvalue weighted by Crippen LogP contribution is -2.61. The summed E-state index contributed by atoms with van der Waals surface area (Å²) in [6, 6.07) is 31.6. The standard InChI is InChI=1S/C50H63N5O6/c1-50(2,3)54-48(59)44-27-26-36-11-4-7-15-43(36)55(44)31-40-29-45(37-20-18-33(32-56)19-21-37)61-49(60-40)38-24-22-35(23-25-38)39-12-8-10-34(28-39)30-52-46(57)16-9-17-47(58)53-42-14-6-5-13-41(42)51/h5-6,8,10,12-14,18-25,28,36,40,43-45,49,56H,4,7,9,11,15-17,26-27,29-32,51H2,1-3H3,(H,52,57)(H,53,58)(H,54,59)/t36-,40-,43-,44-,45+,49+/m1/s1. The summed E-state index contributed by atoms with van der Waals surface area (Å²) in [6.45, 7) is 7.13. The number of nitrogen functional groups attached to an aromatic ring is 1. The Balaban J connectivity index is 1.01. The van der Waals surface area contributed by atoms with Gasteiger partial charge in [-0.15, -0.1) is 0 Å². The SMILES string of the molecule is CC(C)(C)NC(=O)[C@H]1CC[C@H]2CCCC[C@H]2N1C[C@H]1C[C@@H](c2ccc(CO)cc2)O[C@@H](c2ccc(-c3cccc(CNC(=O)CCCC(=O)Nc4ccccc4N)c3)cc2)O1. The minimum atomic E-state index is -0.617. The number of likely N-dealkylation sites (tertiary alicyclic amines) is 1. The van der Waals surface area contributed by atoms with Crippen molar-refractivity contribution in [3.8, 4) is 11.1 Å². The third-order valence-corrected chi connectivity index (χ3v) is 12.3. The van der Waals surface area contributed by atoms with Crippen LogP contribution in [0.4, 0.5) is 11.4 Å². The van der Waals surface area contributed by atoms with Crippen LogP contribution in [0.5, 0.6) is 0 Å². The summed E-state index contributed by atoms with van der Waals surface area (Å²) in [4.78, 5) is 41.4. The van der Waals surface area contributed by atoms with Gasteiger partial charge in [0.05, 0.1) is 36.2 Å². The van der Waals surface area contributed by atoms with Gasteiger partial charge in [-0.1, -0.05) is 91.7 Å². The second kappa shape index (κ2) is 20.2. The molecule has 1 saturated carbocycles. The number of carbonyl (C=O) groups excluding carboxylic acids is 3. The topological polar surface area (TPSA) is 155 Å². The summed E-state index contributed by atoms with van der Waals surface area (Å²) < 4.78 is 13.6. The van der Waals surface area contributed by atoms with E-state index in [0.717, 1.165) is 52.6 Å². The summed E-state index contributed by atoms with van der Waals surface area (Å²) in [5, 5.41) is 18.8. The first-order valence-electron chi connectivity index (χ1n) is 22.1. The highest BCUT2D eigenvalue weighted by atomic mass is 16.7. The molecule has 6 atom stereocenters. The zero-order valence-electron chi connectivity index (χ0n) is 35.9. The number of benzene rings is 4. The Bertz CT molecular complexity index is 2100. The number of aliphatic hydroxyl groups is 1. The zero-order valence-corrected chi connectivity index (χ0v) is 35.9. The average molecular weight is 830 g/mol. The van der Waals surface area contributed by atoms with Crippen molar-refractivity contribution in [2.24, 2.45) is 5.92 Å². The molecule has 61 heavy (non-hydrogen) atoms. The van der Waals surface area contributed by atoms with Crippen LogP contribution in [0.2, 0.25) is 0 Å². The molecule has 3 fully saturated rings. The van der Waals surface area contributed by atoms with Gasteiger partial charge in [0.2, 0.25) is 17.7 Å². The van der Waals surface area contributed by atoms with Gasteiger partial charge in [0.15, 0.2) is 6.29 Å². The predicted octanol–water partition coefficient (Wildman–Crippen LogP) is 8.34. The molecule has 11 nitrogen and oxygen atoms in total. The van der Waals surface area contributed by atoms with Gasteiger partial charge in [-0.25, -0.2) is 0 Å². The number of nitrogens with zero attached hydrogens (tertiary/aromatic N) is 1. The second-order valence-electron chi connectivity index (χ2n) is 18.1. The molecule has 7 rings (SSSR count). The number of aliphatic hydroxyl groups excluding tert-OH is 1. The summed E-state index contributed by atoms with van der Waals surface area (Å²) in [6.07, 6.45) is 7.19. The average Bonchev–Trinajstić information content (AvgIpc) is 3.26. The molecule has 2 heterocycles. The first-order valence-corrected chi connectivity index (χ1v) is 22.1. The fourth-order valence-electron chi connectivity index (χ4n) is 9.21. The minimum absolute atomic E-state index is 0.0203. The van der Waals surface area contributed by atoms with Crippen molar-refractivity contribution < 1.29 is 29.0 Å². The number of fused-ring (bicyclic) bond motifs is 1. The number of hydrogen-bond acceptors (Lipinski definition) is 8. The normalized spacial score (nSPS) is 23.1. The number of para-hydroxylation sites is 2. The van der Waals surface area contributed by atoms with E-state index in [1.807, 2.05) is 69.3 Å². The van der Waals surface area contributed by atoms with Gasteiger partial charge < -0.3 is 36.3 Å². The van der Waals surface area contributed by atoms with E-state index >= 15 is 0 Å². The lowest BCUT2D eigenvalue weighted by molar-refractivity contribution is -0.255. The number of piperidine rings is 1. The van der Waals surface area contributed by atoms with Crippen molar-refractivity contribution in [1.29, 1.82) is 0 Å². The van der Waals surface area contributed by atoms with Gasteiger partial charge in [0, 0.05) is 49.5 Å². The molecular formula is C50H63N5O6. The number of carbonyl (C=O) groups is 3. The van der Waals surface area contributed by atoms with Gasteiger partial charge in [0.25, 0.3) is 0 Å². The Kier molecular flexibility index (Phi) is 14.6. The number of amides is 3. The van der Waals surface area contributed by atoms with E-state index in [1.54, 1.807) is 12.1 Å². The smallest absolute Gasteiger partial charge is 0.237 e. The molecule has 4 aromatic carbocycles. The van der Waals surface area contributed by atoms with Gasteiger partial charge in [-0.3, -0.25) is 19.3 Å². The van der Waals surface area contributed by atoms with Crippen molar-refractivity contribution in [2.75, 3.05) is 17.6 Å². The molecule has 2 saturated heterocycles. The summed E-state index contributed by atoms with van der Waals surface area (Å²) in [5.74, 6) is 0.409. The van der Waals surface area contributed by atoms with E-state index < -0.39 is 6.29 Å². The van der Waals surface area contributed by atoms with Gasteiger partial charge in [-0.2, -0.15) is 0 Å². The highest BCUT2D eigenvalue weighted by Gasteiger charge is 2.44. The fourth-order valence-corrected chi connectivity index (χ4v) is 9.21. The molecule has 0 radical (unpaired) electrons. The van der Waals surface area contributed by atoms with Crippen LogP contribution in [0.15, 0.2) is 97.1 Å². The molecule has 0 spiro atoms. The predicted molar refractivity (Wildman–Crippen MR) is 239 cm³/mol. The van der Waals surface area contributed by atoms with E-state index in [4.69, 9.17) is 15.2 Å². The molecule has 3 amide bonds. The number of nitrogens with one attached hydrogen (secondary N) is 3. The maximum absolute atomic E-state index is 13.9. The highest BCUT2D eigenvalue weighted by Crippen LogP contribution is 2.42. The van der Waals surface area contributed by atoms with E-state index in [-0.39, 0.29) is 61.0 Å². The van der Waals surface area contributed by atoms with E-state index in [9.17, 15) is 19.5 Å². The van der Waals surface area contributed by atoms with Crippen LogP contribution in [-0.4, -0.2) is 58.0 Å². The van der Waals surface area contributed by atoms with Crippen LogP contribution in [-0.2, 0) is 37.0 Å². The van der Waals surface area contributed by atoms with Crippen LogP contribution in [0, 0.1) is 5.92 Å². The Morgan fingerprint density at radius 2 is 1.52 bits per heavy atom. The van der Waals surface area contributed by atoms with Crippen LogP contribution < -0.4 is 21.7 Å². The van der Waals surface area contributed by atoms with Crippen molar-refractivity contribution in [2.45, 2.75) is 134 Å². The van der Waals surface area contributed by atoms with E-state index in [2.05, 4.69) is 57.2 Å². The minimum Gasteiger partial charge on any atom is -0.397 e. The fraction of sp³-hybridized carbons (Fsp3) is 0.460.